The Morgan fingerprint density at radius 1 is 1.29 bits per heavy atom. The fraction of sp³-hybridized carbons (Fsp3) is 0.727. The molecule has 0 aromatic carbocycles. The predicted molar refractivity (Wildman–Crippen MR) is 54.2 cm³/mol. The SMILES string of the molecule is C=C1CC2CC(C1)CC(NC(=O)O)C2. The van der Waals surface area contributed by atoms with Crippen molar-refractivity contribution < 1.29 is 9.90 Å². The molecule has 0 spiro atoms. The minimum atomic E-state index is -0.881. The van der Waals surface area contributed by atoms with Crippen molar-refractivity contribution in [3.63, 3.8) is 0 Å². The molecular weight excluding hydrogens is 178 g/mol. The molecule has 0 heterocycles. The van der Waals surface area contributed by atoms with Gasteiger partial charge in [-0.2, -0.15) is 0 Å². The predicted octanol–water partition coefficient (Wildman–Crippen LogP) is 2.39. The summed E-state index contributed by atoms with van der Waals surface area (Å²) in [5.74, 6) is 1.35. The molecule has 2 fully saturated rings. The average molecular weight is 195 g/mol. The van der Waals surface area contributed by atoms with E-state index >= 15 is 0 Å². The van der Waals surface area contributed by atoms with Crippen molar-refractivity contribution in [1.82, 2.24) is 5.32 Å². The zero-order chi connectivity index (χ0) is 10.1. The van der Waals surface area contributed by atoms with Gasteiger partial charge in [-0.1, -0.05) is 12.2 Å². The van der Waals surface area contributed by atoms with Crippen LogP contribution in [0.1, 0.15) is 32.1 Å². The summed E-state index contributed by atoms with van der Waals surface area (Å²) >= 11 is 0. The highest BCUT2D eigenvalue weighted by Crippen LogP contribution is 2.41. The van der Waals surface area contributed by atoms with Gasteiger partial charge in [-0.3, -0.25) is 0 Å². The van der Waals surface area contributed by atoms with Crippen molar-refractivity contribution in [3.8, 4) is 0 Å². The lowest BCUT2D eigenvalue weighted by atomic mass is 9.69. The number of carboxylic acid groups (broad SMARTS) is 1. The van der Waals surface area contributed by atoms with Crippen LogP contribution in [-0.4, -0.2) is 17.2 Å². The van der Waals surface area contributed by atoms with Crippen LogP contribution in [0, 0.1) is 11.8 Å². The number of fused-ring (bicyclic) bond motifs is 2. The van der Waals surface area contributed by atoms with Crippen LogP contribution in [0.4, 0.5) is 4.79 Å². The van der Waals surface area contributed by atoms with Crippen LogP contribution >= 0.6 is 0 Å². The van der Waals surface area contributed by atoms with Crippen LogP contribution < -0.4 is 5.32 Å². The first kappa shape index (κ1) is 9.56. The van der Waals surface area contributed by atoms with E-state index in [0.717, 1.165) is 25.7 Å². The summed E-state index contributed by atoms with van der Waals surface area (Å²) in [5.41, 5.74) is 1.36. The third kappa shape index (κ3) is 2.08. The van der Waals surface area contributed by atoms with Gasteiger partial charge in [0.1, 0.15) is 0 Å². The lowest BCUT2D eigenvalue weighted by Gasteiger charge is -2.39. The standard InChI is InChI=1S/C11H17NO2/c1-7-2-8-4-9(3-7)6-10(5-8)12-11(13)14/h8-10,12H,1-6H2,(H,13,14). The molecule has 2 aliphatic carbocycles. The molecule has 2 rings (SSSR count). The molecule has 2 N–H and O–H groups in total. The van der Waals surface area contributed by atoms with Crippen molar-refractivity contribution >= 4 is 6.09 Å². The zero-order valence-electron chi connectivity index (χ0n) is 8.33. The molecule has 2 bridgehead atoms. The minimum Gasteiger partial charge on any atom is -0.465 e. The van der Waals surface area contributed by atoms with Gasteiger partial charge in [-0.25, -0.2) is 4.79 Å². The Morgan fingerprint density at radius 3 is 2.36 bits per heavy atom. The van der Waals surface area contributed by atoms with E-state index in [-0.39, 0.29) is 6.04 Å². The normalized spacial score (nSPS) is 36.6. The molecule has 0 aliphatic heterocycles. The maximum atomic E-state index is 10.5. The fourth-order valence-electron chi connectivity index (χ4n) is 3.09. The van der Waals surface area contributed by atoms with Gasteiger partial charge in [0.15, 0.2) is 0 Å². The third-order valence-electron chi connectivity index (χ3n) is 3.38. The van der Waals surface area contributed by atoms with Gasteiger partial charge in [-0.15, -0.1) is 0 Å². The first-order valence-electron chi connectivity index (χ1n) is 5.29. The molecular formula is C11H17NO2. The quantitative estimate of drug-likeness (QED) is 0.631. The average Bonchev–Trinajstić information content (AvgIpc) is 1.99. The molecule has 2 atom stereocenters. The molecule has 78 valence electrons. The number of allylic oxidation sites excluding steroid dienone is 1. The molecule has 0 radical (unpaired) electrons. The maximum Gasteiger partial charge on any atom is 0.404 e. The molecule has 14 heavy (non-hydrogen) atoms. The van der Waals surface area contributed by atoms with E-state index in [0.29, 0.717) is 11.8 Å². The third-order valence-corrected chi connectivity index (χ3v) is 3.38. The van der Waals surface area contributed by atoms with Crippen molar-refractivity contribution in [2.45, 2.75) is 38.1 Å². The van der Waals surface area contributed by atoms with E-state index in [1.807, 2.05) is 0 Å². The highest BCUT2D eigenvalue weighted by Gasteiger charge is 2.33. The topological polar surface area (TPSA) is 49.3 Å². The summed E-state index contributed by atoms with van der Waals surface area (Å²) in [7, 11) is 0. The van der Waals surface area contributed by atoms with Crippen molar-refractivity contribution in [1.29, 1.82) is 0 Å². The van der Waals surface area contributed by atoms with E-state index < -0.39 is 6.09 Å². The van der Waals surface area contributed by atoms with Gasteiger partial charge < -0.3 is 10.4 Å². The number of nitrogens with one attached hydrogen (secondary N) is 1. The first-order valence-corrected chi connectivity index (χ1v) is 5.29. The summed E-state index contributed by atoms with van der Waals surface area (Å²) in [6, 6.07) is 0.185. The highest BCUT2D eigenvalue weighted by atomic mass is 16.4. The Balaban J connectivity index is 1.95. The number of carbonyl (C=O) groups is 1. The lowest BCUT2D eigenvalue weighted by molar-refractivity contribution is 0.159. The fourth-order valence-corrected chi connectivity index (χ4v) is 3.09. The summed E-state index contributed by atoms with van der Waals surface area (Å²) in [6.45, 7) is 4.05. The Labute approximate surface area is 84.2 Å². The Bertz CT molecular complexity index is 246. The second kappa shape index (κ2) is 3.64. The lowest BCUT2D eigenvalue weighted by Crippen LogP contribution is -2.41. The summed E-state index contributed by atoms with van der Waals surface area (Å²) < 4.78 is 0. The maximum absolute atomic E-state index is 10.5. The van der Waals surface area contributed by atoms with Crippen molar-refractivity contribution in [2.24, 2.45) is 11.8 Å². The second-order valence-corrected chi connectivity index (χ2v) is 4.74. The summed E-state index contributed by atoms with van der Waals surface area (Å²) in [4.78, 5) is 10.5. The molecule has 2 saturated carbocycles. The molecule has 0 aromatic heterocycles. The number of amides is 1. The molecule has 1 amide bonds. The van der Waals surface area contributed by atoms with Crippen LogP contribution in [0.3, 0.4) is 0 Å². The van der Waals surface area contributed by atoms with E-state index in [1.54, 1.807) is 0 Å². The summed E-state index contributed by atoms with van der Waals surface area (Å²) in [5, 5.41) is 11.3. The van der Waals surface area contributed by atoms with Crippen LogP contribution in [0.15, 0.2) is 12.2 Å². The van der Waals surface area contributed by atoms with E-state index in [4.69, 9.17) is 5.11 Å². The van der Waals surface area contributed by atoms with Gasteiger partial charge in [0.2, 0.25) is 0 Å². The number of rotatable bonds is 1. The smallest absolute Gasteiger partial charge is 0.404 e. The number of hydrogen-bond acceptors (Lipinski definition) is 1. The monoisotopic (exact) mass is 195 g/mol. The van der Waals surface area contributed by atoms with Gasteiger partial charge >= 0.3 is 6.09 Å². The van der Waals surface area contributed by atoms with E-state index in [9.17, 15) is 4.79 Å². The molecule has 3 nitrogen and oxygen atoms in total. The van der Waals surface area contributed by atoms with Crippen LogP contribution in [0.5, 0.6) is 0 Å². The highest BCUT2D eigenvalue weighted by molar-refractivity contribution is 5.64. The largest absolute Gasteiger partial charge is 0.465 e. The van der Waals surface area contributed by atoms with Gasteiger partial charge in [0.05, 0.1) is 0 Å². The Kier molecular flexibility index (Phi) is 2.48. The van der Waals surface area contributed by atoms with Crippen LogP contribution in [-0.2, 0) is 0 Å². The molecule has 0 saturated heterocycles. The molecule has 2 unspecified atom stereocenters. The van der Waals surface area contributed by atoms with Gasteiger partial charge in [0.25, 0.3) is 0 Å². The van der Waals surface area contributed by atoms with Crippen LogP contribution in [0.25, 0.3) is 0 Å². The zero-order valence-corrected chi connectivity index (χ0v) is 8.33. The summed E-state index contributed by atoms with van der Waals surface area (Å²) in [6.07, 6.45) is 4.61. The molecule has 0 aromatic rings. The molecule has 2 aliphatic rings. The van der Waals surface area contributed by atoms with Crippen molar-refractivity contribution in [3.05, 3.63) is 12.2 Å². The first-order chi connectivity index (χ1) is 6.63. The minimum absolute atomic E-state index is 0.185. The molecule has 3 heteroatoms. The number of hydrogen-bond donors (Lipinski definition) is 2. The van der Waals surface area contributed by atoms with Gasteiger partial charge in [0, 0.05) is 6.04 Å². The van der Waals surface area contributed by atoms with Crippen molar-refractivity contribution in [2.75, 3.05) is 0 Å². The second-order valence-electron chi connectivity index (χ2n) is 4.74. The van der Waals surface area contributed by atoms with E-state index in [1.165, 1.54) is 12.0 Å². The Morgan fingerprint density at radius 2 is 1.86 bits per heavy atom. The Hall–Kier alpha value is -0.990. The van der Waals surface area contributed by atoms with Crippen LogP contribution in [0.2, 0.25) is 0 Å². The van der Waals surface area contributed by atoms with Gasteiger partial charge in [-0.05, 0) is 43.9 Å². The van der Waals surface area contributed by atoms with E-state index in [2.05, 4.69) is 11.9 Å².